The van der Waals surface area contributed by atoms with Gasteiger partial charge in [-0.15, -0.1) is 11.3 Å². The Morgan fingerprint density at radius 1 is 0.875 bits per heavy atom. The third kappa shape index (κ3) is 4.00. The highest BCUT2D eigenvalue weighted by molar-refractivity contribution is 7.21. The molecule has 0 atom stereocenters. The SMILES string of the molecule is Cc1cc(O)cc(C)c1C(=O)c1sc2cc(O)ccc2c1-c1ccc(/C=C/C(=O)O)cc1. The zero-order valence-electron chi connectivity index (χ0n) is 17.4. The molecule has 6 heteroatoms. The molecule has 3 N–H and O–H groups in total. The second-order valence-electron chi connectivity index (χ2n) is 7.56. The molecule has 0 radical (unpaired) electrons. The van der Waals surface area contributed by atoms with Crippen LogP contribution in [0.2, 0.25) is 0 Å². The summed E-state index contributed by atoms with van der Waals surface area (Å²) in [6, 6.07) is 15.5. The van der Waals surface area contributed by atoms with Gasteiger partial charge < -0.3 is 15.3 Å². The van der Waals surface area contributed by atoms with E-state index in [1.165, 1.54) is 17.4 Å². The molecule has 0 aliphatic heterocycles. The number of carbonyl (C=O) groups is 2. The number of ketones is 1. The molecule has 0 aliphatic rings. The third-order valence-electron chi connectivity index (χ3n) is 5.24. The Balaban J connectivity index is 1.90. The Morgan fingerprint density at radius 3 is 2.16 bits per heavy atom. The number of benzene rings is 3. The molecule has 0 saturated heterocycles. The number of carbonyl (C=O) groups excluding carboxylic acids is 1. The maximum absolute atomic E-state index is 13.7. The molecule has 4 rings (SSSR count). The molecule has 0 fully saturated rings. The van der Waals surface area contributed by atoms with Crippen LogP contribution in [-0.2, 0) is 4.79 Å². The fraction of sp³-hybridized carbons (Fsp3) is 0.0769. The number of carboxylic acids is 1. The fourth-order valence-electron chi connectivity index (χ4n) is 3.87. The van der Waals surface area contributed by atoms with Gasteiger partial charge in [0.05, 0.1) is 4.88 Å². The predicted octanol–water partition coefficient (Wildman–Crippen LogP) is 5.93. The zero-order chi connectivity index (χ0) is 23.0. The summed E-state index contributed by atoms with van der Waals surface area (Å²) in [5.74, 6) is -0.936. The van der Waals surface area contributed by atoms with Crippen LogP contribution in [0.25, 0.3) is 27.3 Å². The van der Waals surface area contributed by atoms with Crippen molar-refractivity contribution >= 4 is 39.3 Å². The van der Waals surface area contributed by atoms with Crippen molar-refractivity contribution in [1.82, 2.24) is 0 Å². The van der Waals surface area contributed by atoms with Gasteiger partial charge in [0, 0.05) is 27.3 Å². The molecule has 0 aliphatic carbocycles. The van der Waals surface area contributed by atoms with Crippen LogP contribution in [0.3, 0.4) is 0 Å². The Morgan fingerprint density at radius 2 is 1.53 bits per heavy atom. The van der Waals surface area contributed by atoms with Gasteiger partial charge in [0.2, 0.25) is 5.78 Å². The number of hydrogen-bond donors (Lipinski definition) is 3. The first kappa shape index (κ1) is 21.3. The molecule has 0 bridgehead atoms. The van der Waals surface area contributed by atoms with Crippen molar-refractivity contribution in [3.05, 3.63) is 87.8 Å². The molecule has 0 amide bonds. The van der Waals surface area contributed by atoms with E-state index in [1.54, 1.807) is 56.3 Å². The fourth-order valence-corrected chi connectivity index (χ4v) is 5.08. The number of carboxylic acid groups (broad SMARTS) is 1. The highest BCUT2D eigenvalue weighted by atomic mass is 32.1. The van der Waals surface area contributed by atoms with Crippen molar-refractivity contribution in [2.45, 2.75) is 13.8 Å². The van der Waals surface area contributed by atoms with E-state index in [2.05, 4.69) is 0 Å². The minimum Gasteiger partial charge on any atom is -0.508 e. The maximum atomic E-state index is 13.7. The van der Waals surface area contributed by atoms with Crippen LogP contribution in [-0.4, -0.2) is 27.1 Å². The molecular formula is C26H20O5S. The number of thiophene rings is 1. The molecule has 1 heterocycles. The second kappa shape index (κ2) is 8.32. The van der Waals surface area contributed by atoms with E-state index in [1.807, 2.05) is 12.1 Å². The van der Waals surface area contributed by atoms with Crippen LogP contribution in [0.15, 0.2) is 60.7 Å². The second-order valence-corrected chi connectivity index (χ2v) is 8.62. The Hall–Kier alpha value is -3.90. The number of rotatable bonds is 5. The van der Waals surface area contributed by atoms with Crippen LogP contribution in [0, 0.1) is 13.8 Å². The smallest absolute Gasteiger partial charge is 0.328 e. The monoisotopic (exact) mass is 444 g/mol. The Labute approximate surface area is 188 Å². The molecule has 4 aromatic rings. The topological polar surface area (TPSA) is 94.8 Å². The normalized spacial score (nSPS) is 11.3. The number of fused-ring (bicyclic) bond motifs is 1. The molecule has 5 nitrogen and oxygen atoms in total. The molecule has 1 aromatic heterocycles. The average Bonchev–Trinajstić information content (AvgIpc) is 3.10. The lowest BCUT2D eigenvalue weighted by Gasteiger charge is -2.11. The standard InChI is InChI=1S/C26H20O5S/c1-14-11-19(28)12-15(2)23(14)25(31)26-24(20-9-8-18(27)13-21(20)32-26)17-6-3-16(4-7-17)5-10-22(29)30/h3-13,27-28H,1-2H3,(H,29,30)/b10-5+. The van der Waals surface area contributed by atoms with E-state index >= 15 is 0 Å². The van der Waals surface area contributed by atoms with Crippen LogP contribution in [0.5, 0.6) is 11.5 Å². The van der Waals surface area contributed by atoms with Gasteiger partial charge in [0.15, 0.2) is 0 Å². The molecule has 160 valence electrons. The van der Waals surface area contributed by atoms with E-state index < -0.39 is 5.97 Å². The van der Waals surface area contributed by atoms with Crippen LogP contribution >= 0.6 is 11.3 Å². The van der Waals surface area contributed by atoms with Gasteiger partial charge in [-0.25, -0.2) is 4.79 Å². The van der Waals surface area contributed by atoms with Crippen LogP contribution in [0.1, 0.15) is 31.9 Å². The molecule has 0 saturated carbocycles. The summed E-state index contributed by atoms with van der Waals surface area (Å²) in [5, 5.41) is 29.5. The molecule has 0 unspecified atom stereocenters. The summed E-state index contributed by atoms with van der Waals surface area (Å²) < 4.78 is 0.785. The van der Waals surface area contributed by atoms with Gasteiger partial charge in [-0.1, -0.05) is 24.3 Å². The lowest BCUT2D eigenvalue weighted by atomic mass is 9.93. The third-order valence-corrected chi connectivity index (χ3v) is 6.39. The lowest BCUT2D eigenvalue weighted by molar-refractivity contribution is -0.131. The Bertz CT molecular complexity index is 1370. The first-order valence-electron chi connectivity index (χ1n) is 9.86. The van der Waals surface area contributed by atoms with E-state index in [4.69, 9.17) is 5.11 Å². The summed E-state index contributed by atoms with van der Waals surface area (Å²) in [6.07, 6.45) is 2.58. The molecule has 3 aromatic carbocycles. The quantitative estimate of drug-likeness (QED) is 0.262. The molecule has 0 spiro atoms. The summed E-state index contributed by atoms with van der Waals surface area (Å²) in [7, 11) is 0. The molecular weight excluding hydrogens is 424 g/mol. The predicted molar refractivity (Wildman–Crippen MR) is 127 cm³/mol. The summed E-state index contributed by atoms with van der Waals surface area (Å²) in [6.45, 7) is 3.59. The van der Waals surface area contributed by atoms with E-state index in [0.717, 1.165) is 32.9 Å². The number of aliphatic carboxylic acids is 1. The number of phenolic OH excluding ortho intramolecular Hbond substituents is 2. The summed E-state index contributed by atoms with van der Waals surface area (Å²) in [5.41, 5.74) is 4.22. The highest BCUT2D eigenvalue weighted by Gasteiger charge is 2.24. The largest absolute Gasteiger partial charge is 0.508 e. The minimum atomic E-state index is -1.02. The van der Waals surface area contributed by atoms with E-state index in [0.29, 0.717) is 21.6 Å². The van der Waals surface area contributed by atoms with Gasteiger partial charge in [0.1, 0.15) is 11.5 Å². The van der Waals surface area contributed by atoms with Gasteiger partial charge in [0.25, 0.3) is 0 Å². The van der Waals surface area contributed by atoms with Crippen molar-refractivity contribution in [3.8, 4) is 22.6 Å². The highest BCUT2D eigenvalue weighted by Crippen LogP contribution is 2.42. The first-order valence-corrected chi connectivity index (χ1v) is 10.7. The van der Waals surface area contributed by atoms with Gasteiger partial charge in [-0.05, 0) is 72.5 Å². The van der Waals surface area contributed by atoms with Gasteiger partial charge in [-0.2, -0.15) is 0 Å². The number of aryl methyl sites for hydroxylation is 2. The van der Waals surface area contributed by atoms with Crippen molar-refractivity contribution in [1.29, 1.82) is 0 Å². The van der Waals surface area contributed by atoms with Crippen LogP contribution < -0.4 is 0 Å². The van der Waals surface area contributed by atoms with Crippen molar-refractivity contribution in [3.63, 3.8) is 0 Å². The lowest BCUT2D eigenvalue weighted by Crippen LogP contribution is -2.06. The van der Waals surface area contributed by atoms with E-state index in [-0.39, 0.29) is 17.3 Å². The van der Waals surface area contributed by atoms with Gasteiger partial charge >= 0.3 is 5.97 Å². The van der Waals surface area contributed by atoms with Gasteiger partial charge in [-0.3, -0.25) is 4.79 Å². The van der Waals surface area contributed by atoms with Crippen LogP contribution in [0.4, 0.5) is 0 Å². The molecule has 32 heavy (non-hydrogen) atoms. The summed E-state index contributed by atoms with van der Waals surface area (Å²) in [4.78, 5) is 25.0. The number of aromatic hydroxyl groups is 2. The average molecular weight is 445 g/mol. The maximum Gasteiger partial charge on any atom is 0.328 e. The van der Waals surface area contributed by atoms with Crippen molar-refractivity contribution in [2.24, 2.45) is 0 Å². The first-order chi connectivity index (χ1) is 15.2. The zero-order valence-corrected chi connectivity index (χ0v) is 18.2. The van der Waals surface area contributed by atoms with Crippen molar-refractivity contribution < 1.29 is 24.9 Å². The van der Waals surface area contributed by atoms with E-state index in [9.17, 15) is 19.8 Å². The minimum absolute atomic E-state index is 0.114. The number of hydrogen-bond acceptors (Lipinski definition) is 5. The van der Waals surface area contributed by atoms with Crippen molar-refractivity contribution in [2.75, 3.05) is 0 Å². The summed E-state index contributed by atoms with van der Waals surface area (Å²) >= 11 is 1.31. The number of phenols is 2. The Kier molecular flexibility index (Phi) is 5.55.